The van der Waals surface area contributed by atoms with E-state index in [1.807, 2.05) is 13.0 Å². The second-order valence-corrected chi connectivity index (χ2v) is 5.69. The van der Waals surface area contributed by atoms with Gasteiger partial charge in [0.25, 0.3) is 0 Å². The molecule has 0 bridgehead atoms. The van der Waals surface area contributed by atoms with Crippen LogP contribution in [0.1, 0.15) is 32.8 Å². The van der Waals surface area contributed by atoms with Crippen molar-refractivity contribution in [3.05, 3.63) is 35.9 Å². The number of hydrogen-bond donors (Lipinski definition) is 2. The summed E-state index contributed by atoms with van der Waals surface area (Å²) >= 11 is 0. The van der Waals surface area contributed by atoms with Crippen molar-refractivity contribution in [3.8, 4) is 0 Å². The number of guanidine groups is 1. The number of halogens is 1. The molecule has 0 fully saturated rings. The molecule has 0 amide bonds. The van der Waals surface area contributed by atoms with Crippen molar-refractivity contribution in [2.24, 2.45) is 10.9 Å². The molecule has 0 aliphatic carbocycles. The molecule has 0 heterocycles. The molecule has 4 nitrogen and oxygen atoms in total. The number of nitrogens with one attached hydrogen (secondary N) is 2. The fourth-order valence-corrected chi connectivity index (χ4v) is 2.35. The van der Waals surface area contributed by atoms with Gasteiger partial charge >= 0.3 is 0 Å². The summed E-state index contributed by atoms with van der Waals surface area (Å²) in [4.78, 5) is 4.26. The van der Waals surface area contributed by atoms with E-state index in [0.717, 1.165) is 38.5 Å². The number of hydrogen-bond acceptors (Lipinski definition) is 2. The van der Waals surface area contributed by atoms with Crippen molar-refractivity contribution in [1.29, 1.82) is 0 Å². The molecule has 5 heteroatoms. The van der Waals surface area contributed by atoms with Crippen molar-refractivity contribution in [2.75, 3.05) is 26.7 Å². The lowest BCUT2D eigenvalue weighted by atomic mass is 10.0. The maximum absolute atomic E-state index is 5.76. The van der Waals surface area contributed by atoms with Gasteiger partial charge in [0.1, 0.15) is 0 Å². The van der Waals surface area contributed by atoms with Gasteiger partial charge in [-0.15, -0.1) is 24.0 Å². The van der Waals surface area contributed by atoms with Gasteiger partial charge in [0.2, 0.25) is 0 Å². The molecule has 0 aromatic heterocycles. The van der Waals surface area contributed by atoms with Crippen LogP contribution in [0.3, 0.4) is 0 Å². The maximum Gasteiger partial charge on any atom is 0.190 e. The molecule has 1 atom stereocenters. The summed E-state index contributed by atoms with van der Waals surface area (Å²) in [7, 11) is 1.81. The maximum atomic E-state index is 5.76. The largest absolute Gasteiger partial charge is 0.378 e. The van der Waals surface area contributed by atoms with Crippen LogP contribution in [0.5, 0.6) is 0 Å². The van der Waals surface area contributed by atoms with E-state index in [-0.39, 0.29) is 24.0 Å². The van der Waals surface area contributed by atoms with Crippen LogP contribution in [-0.4, -0.2) is 38.8 Å². The molecule has 0 spiro atoms. The summed E-state index contributed by atoms with van der Waals surface area (Å²) in [5, 5.41) is 6.71. The van der Waals surface area contributed by atoms with Crippen LogP contribution in [0.4, 0.5) is 0 Å². The topological polar surface area (TPSA) is 45.6 Å². The third-order valence-electron chi connectivity index (χ3n) is 3.62. The second kappa shape index (κ2) is 13.6. The molecule has 23 heavy (non-hydrogen) atoms. The lowest BCUT2D eigenvalue weighted by molar-refractivity contribution is 0.0258. The highest BCUT2D eigenvalue weighted by molar-refractivity contribution is 14.0. The summed E-state index contributed by atoms with van der Waals surface area (Å²) in [6.45, 7) is 8.97. The van der Waals surface area contributed by atoms with Crippen molar-refractivity contribution in [1.82, 2.24) is 10.6 Å². The first-order valence-electron chi connectivity index (χ1n) is 8.27. The molecule has 1 aromatic carbocycles. The van der Waals surface area contributed by atoms with E-state index in [1.54, 1.807) is 7.05 Å². The van der Waals surface area contributed by atoms with Crippen LogP contribution in [-0.2, 0) is 11.2 Å². The SMILES string of the molecule is CCOC(CCNC(=NC)NCCc1ccccc1)C(C)C.I. The number of ether oxygens (including phenoxy) is 1. The van der Waals surface area contributed by atoms with E-state index in [0.29, 0.717) is 12.0 Å². The molecule has 1 unspecified atom stereocenters. The Kier molecular flexibility index (Phi) is 13.1. The van der Waals surface area contributed by atoms with Crippen LogP contribution < -0.4 is 10.6 Å². The fraction of sp³-hybridized carbons (Fsp3) is 0.611. The van der Waals surface area contributed by atoms with Crippen molar-refractivity contribution in [3.63, 3.8) is 0 Å². The minimum Gasteiger partial charge on any atom is -0.378 e. The molecule has 0 saturated heterocycles. The van der Waals surface area contributed by atoms with Gasteiger partial charge in [-0.25, -0.2) is 0 Å². The highest BCUT2D eigenvalue weighted by Crippen LogP contribution is 2.09. The van der Waals surface area contributed by atoms with E-state index in [4.69, 9.17) is 4.74 Å². The normalized spacial score (nSPS) is 12.7. The number of nitrogens with zero attached hydrogens (tertiary/aromatic N) is 1. The molecule has 0 aliphatic heterocycles. The van der Waals surface area contributed by atoms with Gasteiger partial charge in [-0.05, 0) is 31.2 Å². The fourth-order valence-electron chi connectivity index (χ4n) is 2.35. The molecule has 2 N–H and O–H groups in total. The van der Waals surface area contributed by atoms with Crippen LogP contribution in [0, 0.1) is 5.92 Å². The third kappa shape index (κ3) is 9.81. The van der Waals surface area contributed by atoms with Crippen molar-refractivity contribution < 1.29 is 4.74 Å². The van der Waals surface area contributed by atoms with Crippen molar-refractivity contribution >= 4 is 29.9 Å². The summed E-state index contributed by atoms with van der Waals surface area (Å²) in [5.41, 5.74) is 1.33. The average molecular weight is 433 g/mol. The van der Waals surface area contributed by atoms with Gasteiger partial charge in [0, 0.05) is 26.7 Å². The van der Waals surface area contributed by atoms with E-state index < -0.39 is 0 Å². The Hall–Kier alpha value is -0.820. The summed E-state index contributed by atoms with van der Waals surface area (Å²) in [6, 6.07) is 10.5. The number of benzene rings is 1. The Bertz CT molecular complexity index is 424. The van der Waals surface area contributed by atoms with Gasteiger partial charge in [0.05, 0.1) is 6.10 Å². The van der Waals surface area contributed by atoms with Crippen LogP contribution >= 0.6 is 24.0 Å². The van der Waals surface area contributed by atoms with Gasteiger partial charge in [-0.3, -0.25) is 4.99 Å². The minimum absolute atomic E-state index is 0. The van der Waals surface area contributed by atoms with Gasteiger partial charge in [-0.2, -0.15) is 0 Å². The highest BCUT2D eigenvalue weighted by Gasteiger charge is 2.12. The molecule has 0 radical (unpaired) electrons. The Morgan fingerprint density at radius 2 is 1.78 bits per heavy atom. The first-order chi connectivity index (χ1) is 10.7. The van der Waals surface area contributed by atoms with Gasteiger partial charge in [-0.1, -0.05) is 44.2 Å². The molecule has 0 saturated carbocycles. The first-order valence-corrected chi connectivity index (χ1v) is 8.27. The predicted octanol–water partition coefficient (Wildman–Crippen LogP) is 3.46. The number of rotatable bonds is 9. The zero-order valence-corrected chi connectivity index (χ0v) is 17.2. The average Bonchev–Trinajstić information content (AvgIpc) is 2.53. The first kappa shape index (κ1) is 22.2. The third-order valence-corrected chi connectivity index (χ3v) is 3.62. The highest BCUT2D eigenvalue weighted by atomic mass is 127. The molecular weight excluding hydrogens is 401 g/mol. The Morgan fingerprint density at radius 3 is 2.35 bits per heavy atom. The zero-order chi connectivity index (χ0) is 16.2. The molecule has 0 aliphatic rings. The monoisotopic (exact) mass is 433 g/mol. The Balaban J connectivity index is 0.00000484. The smallest absolute Gasteiger partial charge is 0.190 e. The summed E-state index contributed by atoms with van der Waals surface area (Å²) in [5.74, 6) is 1.39. The number of aliphatic imine (C=N–C) groups is 1. The molecule has 132 valence electrons. The Morgan fingerprint density at radius 1 is 1.13 bits per heavy atom. The molecule has 1 aromatic rings. The van der Waals surface area contributed by atoms with Crippen LogP contribution in [0.25, 0.3) is 0 Å². The molecule has 1 rings (SSSR count). The lowest BCUT2D eigenvalue weighted by Gasteiger charge is -2.21. The van der Waals surface area contributed by atoms with Gasteiger partial charge in [0.15, 0.2) is 5.96 Å². The second-order valence-electron chi connectivity index (χ2n) is 5.69. The van der Waals surface area contributed by atoms with E-state index in [9.17, 15) is 0 Å². The van der Waals surface area contributed by atoms with E-state index >= 15 is 0 Å². The van der Waals surface area contributed by atoms with Crippen LogP contribution in [0.15, 0.2) is 35.3 Å². The Labute approximate surface area is 158 Å². The predicted molar refractivity (Wildman–Crippen MR) is 110 cm³/mol. The van der Waals surface area contributed by atoms with Crippen molar-refractivity contribution in [2.45, 2.75) is 39.7 Å². The molecular formula is C18H32IN3O. The van der Waals surface area contributed by atoms with E-state index in [1.165, 1.54) is 5.56 Å². The van der Waals surface area contributed by atoms with Gasteiger partial charge < -0.3 is 15.4 Å². The zero-order valence-electron chi connectivity index (χ0n) is 14.8. The standard InChI is InChI=1S/C18H31N3O.HI/c1-5-22-17(15(2)3)12-14-21-18(19-4)20-13-11-16-9-7-6-8-10-16;/h6-10,15,17H,5,11-14H2,1-4H3,(H2,19,20,21);1H. The minimum atomic E-state index is 0. The summed E-state index contributed by atoms with van der Waals surface area (Å²) < 4.78 is 5.76. The van der Waals surface area contributed by atoms with E-state index in [2.05, 4.69) is 53.7 Å². The van der Waals surface area contributed by atoms with Crippen LogP contribution in [0.2, 0.25) is 0 Å². The quantitative estimate of drug-likeness (QED) is 0.356. The lowest BCUT2D eigenvalue weighted by Crippen LogP contribution is -2.40. The summed E-state index contributed by atoms with van der Waals surface area (Å²) in [6.07, 6.45) is 2.29.